The van der Waals surface area contributed by atoms with Gasteiger partial charge >= 0.3 is 0 Å². The molecule has 0 unspecified atom stereocenters. The van der Waals surface area contributed by atoms with Crippen LogP contribution in [0, 0.1) is 34.0 Å². The summed E-state index contributed by atoms with van der Waals surface area (Å²) in [4.78, 5) is 0. The van der Waals surface area contributed by atoms with Crippen molar-refractivity contribution in [2.24, 2.45) is 0 Å². The van der Waals surface area contributed by atoms with Crippen LogP contribution < -0.4 is 5.32 Å². The minimum absolute atomic E-state index is 0.0411. The number of hydrogen-bond acceptors (Lipinski definition) is 4. The molecule has 4 nitrogen and oxygen atoms in total. The van der Waals surface area contributed by atoms with Crippen molar-refractivity contribution < 1.29 is 0 Å². The lowest BCUT2D eigenvalue weighted by molar-refractivity contribution is 0.590. The van der Waals surface area contributed by atoms with E-state index in [0.717, 1.165) is 5.56 Å². The van der Waals surface area contributed by atoms with Gasteiger partial charge in [-0.2, -0.15) is 15.8 Å². The van der Waals surface area contributed by atoms with Gasteiger partial charge in [-0.1, -0.05) is 38.4 Å². The second kappa shape index (κ2) is 6.11. The fourth-order valence-corrected chi connectivity index (χ4v) is 1.73. The molecule has 0 aromatic heterocycles. The lowest BCUT2D eigenvalue weighted by Gasteiger charge is -2.20. The number of nitrogens with one attached hydrogen (secondary N) is 1. The summed E-state index contributed by atoms with van der Waals surface area (Å²) >= 11 is 6.17. The minimum Gasteiger partial charge on any atom is -0.344 e. The Bertz CT molecular complexity index is 660. The first-order valence-corrected chi connectivity index (χ1v) is 6.23. The molecule has 0 heterocycles. The van der Waals surface area contributed by atoms with Gasteiger partial charge in [-0.25, -0.2) is 0 Å². The van der Waals surface area contributed by atoms with Gasteiger partial charge in [0.1, 0.15) is 23.9 Å². The van der Waals surface area contributed by atoms with Crippen LogP contribution in [0.15, 0.2) is 29.5 Å². The molecule has 0 saturated carbocycles. The number of halogens is 1. The fraction of sp³-hybridized carbons (Fsp3) is 0.267. The average Bonchev–Trinajstić information content (AvgIpc) is 2.39. The zero-order valence-corrected chi connectivity index (χ0v) is 12.2. The van der Waals surface area contributed by atoms with E-state index in [2.05, 4.69) is 26.1 Å². The smallest absolute Gasteiger partial charge is 0.163 e. The van der Waals surface area contributed by atoms with Crippen molar-refractivity contribution in [3.8, 4) is 18.2 Å². The Morgan fingerprint density at radius 3 is 2.10 bits per heavy atom. The van der Waals surface area contributed by atoms with Gasteiger partial charge in [0.2, 0.25) is 0 Å². The normalized spacial score (nSPS) is 9.85. The lowest BCUT2D eigenvalue weighted by atomic mass is 9.87. The molecule has 0 aliphatic heterocycles. The molecule has 5 heteroatoms. The summed E-state index contributed by atoms with van der Waals surface area (Å²) in [6, 6.07) is 10.5. The molecule has 0 aliphatic carbocycles. The molecule has 0 fully saturated rings. The van der Waals surface area contributed by atoms with Crippen molar-refractivity contribution in [1.29, 1.82) is 15.8 Å². The first kappa shape index (κ1) is 15.6. The van der Waals surface area contributed by atoms with Crippen molar-refractivity contribution in [2.75, 3.05) is 5.32 Å². The Balaban J connectivity index is 3.20. The summed E-state index contributed by atoms with van der Waals surface area (Å²) in [6.07, 6.45) is 0. The highest BCUT2D eigenvalue weighted by Crippen LogP contribution is 2.30. The standard InChI is InChI=1S/C15H13ClN4/c1-15(2,3)11-4-5-13(12(16)6-11)20-14(9-19)10(7-17)8-18/h4-6,20H,1-3H3. The Morgan fingerprint density at radius 2 is 1.70 bits per heavy atom. The van der Waals surface area contributed by atoms with E-state index in [0.29, 0.717) is 10.7 Å². The summed E-state index contributed by atoms with van der Waals surface area (Å²) < 4.78 is 0. The molecule has 0 saturated heterocycles. The van der Waals surface area contributed by atoms with Gasteiger partial charge < -0.3 is 5.32 Å². The van der Waals surface area contributed by atoms with Crippen molar-refractivity contribution in [3.05, 3.63) is 40.1 Å². The van der Waals surface area contributed by atoms with Crippen LogP contribution in [-0.2, 0) is 5.41 Å². The monoisotopic (exact) mass is 284 g/mol. The quantitative estimate of drug-likeness (QED) is 0.835. The maximum atomic E-state index is 8.98. The van der Waals surface area contributed by atoms with Gasteiger partial charge in [0, 0.05) is 0 Å². The molecule has 0 amide bonds. The van der Waals surface area contributed by atoms with Gasteiger partial charge in [-0.05, 0) is 23.1 Å². The predicted octanol–water partition coefficient (Wildman–Crippen LogP) is 3.87. The molecule has 0 bridgehead atoms. The van der Waals surface area contributed by atoms with Crippen LogP contribution in [0.5, 0.6) is 0 Å². The van der Waals surface area contributed by atoms with E-state index in [1.54, 1.807) is 30.3 Å². The largest absolute Gasteiger partial charge is 0.344 e. The summed E-state index contributed by atoms with van der Waals surface area (Å²) in [5.41, 5.74) is 1.11. The zero-order valence-electron chi connectivity index (χ0n) is 11.5. The third kappa shape index (κ3) is 3.51. The number of nitrogens with zero attached hydrogens (tertiary/aromatic N) is 3. The van der Waals surface area contributed by atoms with E-state index in [-0.39, 0.29) is 16.7 Å². The van der Waals surface area contributed by atoms with E-state index in [9.17, 15) is 0 Å². The van der Waals surface area contributed by atoms with Crippen LogP contribution in [0.2, 0.25) is 5.02 Å². The average molecular weight is 285 g/mol. The van der Waals surface area contributed by atoms with Gasteiger partial charge in [0.05, 0.1) is 10.7 Å². The van der Waals surface area contributed by atoms with Crippen LogP contribution in [0.1, 0.15) is 26.3 Å². The topological polar surface area (TPSA) is 83.4 Å². The third-order valence-corrected chi connectivity index (χ3v) is 2.99. The molecule has 1 aromatic carbocycles. The summed E-state index contributed by atoms with van der Waals surface area (Å²) in [7, 11) is 0. The molecule has 0 aliphatic rings. The number of rotatable bonds is 2. The second-order valence-electron chi connectivity index (χ2n) is 5.16. The number of allylic oxidation sites excluding steroid dienone is 2. The molecule has 1 rings (SSSR count). The molecule has 100 valence electrons. The molecular weight excluding hydrogens is 272 g/mol. The first-order valence-electron chi connectivity index (χ1n) is 5.85. The van der Waals surface area contributed by atoms with Crippen molar-refractivity contribution in [1.82, 2.24) is 0 Å². The van der Waals surface area contributed by atoms with Gasteiger partial charge in [0.25, 0.3) is 0 Å². The van der Waals surface area contributed by atoms with Crippen LogP contribution in [-0.4, -0.2) is 0 Å². The molecule has 20 heavy (non-hydrogen) atoms. The van der Waals surface area contributed by atoms with Gasteiger partial charge in [-0.3, -0.25) is 0 Å². The van der Waals surface area contributed by atoms with Gasteiger partial charge in [0.15, 0.2) is 5.57 Å². The van der Waals surface area contributed by atoms with E-state index in [1.165, 1.54) is 0 Å². The maximum absolute atomic E-state index is 8.98. The van der Waals surface area contributed by atoms with Crippen molar-refractivity contribution in [2.45, 2.75) is 26.2 Å². The number of anilines is 1. The second-order valence-corrected chi connectivity index (χ2v) is 5.56. The molecule has 1 N–H and O–H groups in total. The van der Waals surface area contributed by atoms with Crippen molar-refractivity contribution in [3.63, 3.8) is 0 Å². The Labute approximate surface area is 123 Å². The summed E-state index contributed by atoms with van der Waals surface area (Å²) in [5, 5.41) is 29.7. The highest BCUT2D eigenvalue weighted by atomic mass is 35.5. The number of benzene rings is 1. The zero-order chi connectivity index (χ0) is 15.3. The Morgan fingerprint density at radius 1 is 1.10 bits per heavy atom. The molecule has 0 atom stereocenters. The Kier molecular flexibility index (Phi) is 4.76. The van der Waals surface area contributed by atoms with E-state index in [1.807, 2.05) is 6.07 Å². The molecule has 0 spiro atoms. The van der Waals surface area contributed by atoms with E-state index in [4.69, 9.17) is 27.4 Å². The minimum atomic E-state index is -0.275. The van der Waals surface area contributed by atoms with Crippen molar-refractivity contribution >= 4 is 17.3 Å². The van der Waals surface area contributed by atoms with E-state index >= 15 is 0 Å². The van der Waals surface area contributed by atoms with Gasteiger partial charge in [-0.15, -0.1) is 0 Å². The van der Waals surface area contributed by atoms with Crippen LogP contribution in [0.4, 0.5) is 5.69 Å². The van der Waals surface area contributed by atoms with Crippen LogP contribution in [0.25, 0.3) is 0 Å². The highest BCUT2D eigenvalue weighted by Gasteiger charge is 2.16. The van der Waals surface area contributed by atoms with E-state index < -0.39 is 0 Å². The SMILES string of the molecule is CC(C)(C)c1ccc(NC(C#N)=C(C#N)C#N)c(Cl)c1. The summed E-state index contributed by atoms with van der Waals surface area (Å²) in [5.74, 6) is 0. The Hall–Kier alpha value is -2.48. The number of nitriles is 3. The number of hydrogen-bond donors (Lipinski definition) is 1. The van der Waals surface area contributed by atoms with Crippen LogP contribution in [0.3, 0.4) is 0 Å². The lowest BCUT2D eigenvalue weighted by Crippen LogP contribution is -2.11. The highest BCUT2D eigenvalue weighted by molar-refractivity contribution is 6.33. The summed E-state index contributed by atoms with van der Waals surface area (Å²) in [6.45, 7) is 6.20. The predicted molar refractivity (Wildman–Crippen MR) is 77.6 cm³/mol. The molecule has 1 aromatic rings. The molecule has 0 radical (unpaired) electrons. The maximum Gasteiger partial charge on any atom is 0.163 e. The first-order chi connectivity index (χ1) is 9.33. The van der Waals surface area contributed by atoms with Crippen LogP contribution >= 0.6 is 11.6 Å². The fourth-order valence-electron chi connectivity index (χ4n) is 1.50. The third-order valence-electron chi connectivity index (χ3n) is 2.68. The molecular formula is C15H13ClN4.